The van der Waals surface area contributed by atoms with Crippen LogP contribution >= 0.6 is 15.9 Å². The summed E-state index contributed by atoms with van der Waals surface area (Å²) in [5.41, 5.74) is 10.5. The number of aryl methyl sites for hydroxylation is 2. The molecule has 2 rings (SSSR count). The van der Waals surface area contributed by atoms with Crippen molar-refractivity contribution in [1.29, 1.82) is 0 Å². The Bertz CT molecular complexity index is 392. The van der Waals surface area contributed by atoms with Crippen molar-refractivity contribution in [3.63, 3.8) is 0 Å². The lowest BCUT2D eigenvalue weighted by molar-refractivity contribution is 0.301. The average Bonchev–Trinajstić information content (AvgIpc) is 2.24. The second-order valence-electron chi connectivity index (χ2n) is 5.13. The Kier molecular flexibility index (Phi) is 3.41. The van der Waals surface area contributed by atoms with Crippen LogP contribution in [0.5, 0.6) is 0 Å². The molecule has 0 atom stereocenters. The van der Waals surface area contributed by atoms with Gasteiger partial charge < -0.3 is 5.73 Å². The quantitative estimate of drug-likeness (QED) is 0.821. The lowest BCUT2D eigenvalue weighted by Gasteiger charge is -2.35. The van der Waals surface area contributed by atoms with Crippen LogP contribution in [0.2, 0.25) is 0 Å². The molecule has 1 aromatic rings. The molecule has 1 fully saturated rings. The predicted octanol–water partition coefficient (Wildman–Crippen LogP) is 4.18. The number of benzene rings is 1. The van der Waals surface area contributed by atoms with E-state index in [1.807, 2.05) is 0 Å². The first-order chi connectivity index (χ1) is 7.53. The Hall–Kier alpha value is -0.340. The standard InChI is InChI=1S/C14H20BrN/c1-10-9-13(15)11(2)8-12(10)14(16)6-4-3-5-7-14/h8-9H,3-7,16H2,1-2H3. The van der Waals surface area contributed by atoms with Crippen molar-refractivity contribution in [2.45, 2.75) is 51.5 Å². The average molecular weight is 282 g/mol. The third-order valence-electron chi connectivity index (χ3n) is 3.79. The molecule has 1 aliphatic rings. The molecule has 0 aliphatic heterocycles. The minimum absolute atomic E-state index is 0.0756. The molecule has 1 saturated carbocycles. The number of halogens is 1. The van der Waals surface area contributed by atoms with E-state index in [-0.39, 0.29) is 5.54 Å². The van der Waals surface area contributed by atoms with E-state index in [1.165, 1.54) is 40.4 Å². The van der Waals surface area contributed by atoms with Crippen molar-refractivity contribution in [3.8, 4) is 0 Å². The van der Waals surface area contributed by atoms with Gasteiger partial charge in [-0.15, -0.1) is 0 Å². The molecule has 0 heterocycles. The third-order valence-corrected chi connectivity index (χ3v) is 4.64. The van der Waals surface area contributed by atoms with Crippen molar-refractivity contribution in [1.82, 2.24) is 0 Å². The molecule has 16 heavy (non-hydrogen) atoms. The first-order valence-corrected chi connectivity index (χ1v) is 6.88. The van der Waals surface area contributed by atoms with Crippen LogP contribution in [0.1, 0.15) is 48.8 Å². The van der Waals surface area contributed by atoms with Crippen LogP contribution in [-0.4, -0.2) is 0 Å². The van der Waals surface area contributed by atoms with E-state index >= 15 is 0 Å². The van der Waals surface area contributed by atoms with E-state index in [0.717, 1.165) is 12.8 Å². The van der Waals surface area contributed by atoms with Gasteiger partial charge in [-0.2, -0.15) is 0 Å². The van der Waals surface area contributed by atoms with E-state index in [0.29, 0.717) is 0 Å². The summed E-state index contributed by atoms with van der Waals surface area (Å²) in [4.78, 5) is 0. The van der Waals surface area contributed by atoms with Crippen LogP contribution in [0.3, 0.4) is 0 Å². The summed E-state index contributed by atoms with van der Waals surface area (Å²) in [7, 11) is 0. The van der Waals surface area contributed by atoms with E-state index in [1.54, 1.807) is 0 Å². The van der Waals surface area contributed by atoms with Gasteiger partial charge in [0.25, 0.3) is 0 Å². The maximum atomic E-state index is 6.58. The lowest BCUT2D eigenvalue weighted by atomic mass is 9.75. The smallest absolute Gasteiger partial charge is 0.0412 e. The van der Waals surface area contributed by atoms with Crippen LogP contribution in [0.15, 0.2) is 16.6 Å². The molecule has 0 aromatic heterocycles. The number of hydrogen-bond donors (Lipinski definition) is 1. The minimum atomic E-state index is -0.0756. The molecule has 1 nitrogen and oxygen atoms in total. The Morgan fingerprint density at radius 1 is 1.06 bits per heavy atom. The highest BCUT2D eigenvalue weighted by Gasteiger charge is 2.30. The van der Waals surface area contributed by atoms with Gasteiger partial charge in [0.05, 0.1) is 0 Å². The van der Waals surface area contributed by atoms with Crippen LogP contribution < -0.4 is 5.73 Å². The highest BCUT2D eigenvalue weighted by molar-refractivity contribution is 9.10. The van der Waals surface area contributed by atoms with Gasteiger partial charge in [-0.25, -0.2) is 0 Å². The van der Waals surface area contributed by atoms with Crippen molar-refractivity contribution in [2.75, 3.05) is 0 Å². The number of rotatable bonds is 1. The van der Waals surface area contributed by atoms with E-state index in [2.05, 4.69) is 41.9 Å². The molecule has 1 aliphatic carbocycles. The highest BCUT2D eigenvalue weighted by Crippen LogP contribution is 2.37. The summed E-state index contributed by atoms with van der Waals surface area (Å²) < 4.78 is 1.19. The van der Waals surface area contributed by atoms with Crippen LogP contribution in [0, 0.1) is 13.8 Å². The summed E-state index contributed by atoms with van der Waals surface area (Å²) >= 11 is 3.58. The van der Waals surface area contributed by atoms with E-state index in [4.69, 9.17) is 5.73 Å². The summed E-state index contributed by atoms with van der Waals surface area (Å²) in [6.45, 7) is 4.31. The summed E-state index contributed by atoms with van der Waals surface area (Å²) in [5, 5.41) is 0. The molecule has 0 bridgehead atoms. The highest BCUT2D eigenvalue weighted by atomic mass is 79.9. The molecular weight excluding hydrogens is 262 g/mol. The first-order valence-electron chi connectivity index (χ1n) is 6.09. The predicted molar refractivity (Wildman–Crippen MR) is 72.6 cm³/mol. The van der Waals surface area contributed by atoms with E-state index in [9.17, 15) is 0 Å². The molecule has 0 saturated heterocycles. The Labute approximate surface area is 107 Å². The summed E-state index contributed by atoms with van der Waals surface area (Å²) in [5.74, 6) is 0. The molecule has 0 unspecified atom stereocenters. The summed E-state index contributed by atoms with van der Waals surface area (Å²) in [6.07, 6.45) is 6.15. The second kappa shape index (κ2) is 4.50. The first kappa shape index (κ1) is 12.1. The normalized spacial score (nSPS) is 19.8. The van der Waals surface area contributed by atoms with E-state index < -0.39 is 0 Å². The fraction of sp³-hybridized carbons (Fsp3) is 0.571. The minimum Gasteiger partial charge on any atom is -0.321 e. The number of hydrogen-bond acceptors (Lipinski definition) is 1. The molecular formula is C14H20BrN. The molecule has 2 heteroatoms. The van der Waals surface area contributed by atoms with Gasteiger partial charge in [0.2, 0.25) is 0 Å². The van der Waals surface area contributed by atoms with Gasteiger partial charge >= 0.3 is 0 Å². The van der Waals surface area contributed by atoms with Gasteiger partial charge in [0.15, 0.2) is 0 Å². The molecule has 2 N–H and O–H groups in total. The maximum Gasteiger partial charge on any atom is 0.0412 e. The molecule has 88 valence electrons. The van der Waals surface area contributed by atoms with Gasteiger partial charge in [0.1, 0.15) is 0 Å². The second-order valence-corrected chi connectivity index (χ2v) is 5.99. The Morgan fingerprint density at radius 2 is 1.69 bits per heavy atom. The molecule has 1 aromatic carbocycles. The zero-order chi connectivity index (χ0) is 11.8. The van der Waals surface area contributed by atoms with Gasteiger partial charge in [0, 0.05) is 10.0 Å². The largest absolute Gasteiger partial charge is 0.321 e. The van der Waals surface area contributed by atoms with Gasteiger partial charge in [-0.3, -0.25) is 0 Å². The Balaban J connectivity index is 2.42. The maximum absolute atomic E-state index is 6.58. The fourth-order valence-corrected chi connectivity index (χ4v) is 3.23. The van der Waals surface area contributed by atoms with Crippen molar-refractivity contribution < 1.29 is 0 Å². The lowest BCUT2D eigenvalue weighted by Crippen LogP contribution is -2.39. The fourth-order valence-electron chi connectivity index (χ4n) is 2.77. The SMILES string of the molecule is Cc1cc(C2(N)CCCCC2)c(C)cc1Br. The topological polar surface area (TPSA) is 26.0 Å². The van der Waals surface area contributed by atoms with Crippen molar-refractivity contribution >= 4 is 15.9 Å². The molecule has 0 radical (unpaired) electrons. The number of nitrogens with two attached hydrogens (primary N) is 1. The zero-order valence-corrected chi connectivity index (χ0v) is 11.7. The Morgan fingerprint density at radius 3 is 2.31 bits per heavy atom. The molecule has 0 spiro atoms. The van der Waals surface area contributed by atoms with Gasteiger partial charge in [-0.05, 0) is 49.4 Å². The summed E-state index contributed by atoms with van der Waals surface area (Å²) in [6, 6.07) is 4.47. The van der Waals surface area contributed by atoms with Crippen LogP contribution in [0.4, 0.5) is 0 Å². The van der Waals surface area contributed by atoms with Crippen molar-refractivity contribution in [3.05, 3.63) is 33.3 Å². The van der Waals surface area contributed by atoms with Gasteiger partial charge in [-0.1, -0.05) is 41.3 Å². The monoisotopic (exact) mass is 281 g/mol. The van der Waals surface area contributed by atoms with Crippen LogP contribution in [0.25, 0.3) is 0 Å². The third kappa shape index (κ3) is 2.18. The van der Waals surface area contributed by atoms with Crippen molar-refractivity contribution in [2.24, 2.45) is 5.73 Å². The van der Waals surface area contributed by atoms with Crippen LogP contribution in [-0.2, 0) is 5.54 Å². The zero-order valence-electron chi connectivity index (χ0n) is 10.1. The molecule has 0 amide bonds.